The van der Waals surface area contributed by atoms with Crippen LogP contribution in [0.25, 0.3) is 0 Å². The summed E-state index contributed by atoms with van der Waals surface area (Å²) < 4.78 is 0. The van der Waals surface area contributed by atoms with E-state index in [4.69, 9.17) is 0 Å². The molecule has 0 unspecified atom stereocenters. The van der Waals surface area contributed by atoms with E-state index in [0.29, 0.717) is 6.54 Å². The molecule has 0 aliphatic heterocycles. The number of hydrogen-bond donors (Lipinski definition) is 1. The van der Waals surface area contributed by atoms with Gasteiger partial charge in [-0.1, -0.05) is 33.6 Å². The number of amides is 1. The molecular formula is C15H24N2O. The van der Waals surface area contributed by atoms with Crippen LogP contribution in [0.3, 0.4) is 0 Å². The minimum Gasteiger partial charge on any atom is -0.355 e. The second-order valence-corrected chi connectivity index (χ2v) is 5.35. The van der Waals surface area contributed by atoms with E-state index in [1.165, 1.54) is 5.56 Å². The molecule has 0 radical (unpaired) electrons. The fourth-order valence-corrected chi connectivity index (χ4v) is 1.84. The fourth-order valence-electron chi connectivity index (χ4n) is 1.84. The summed E-state index contributed by atoms with van der Waals surface area (Å²) in [6, 6.07) is 3.96. The molecule has 100 valence electrons. The molecular weight excluding hydrogens is 224 g/mol. The van der Waals surface area contributed by atoms with Gasteiger partial charge in [0.1, 0.15) is 0 Å². The van der Waals surface area contributed by atoms with Crippen LogP contribution >= 0.6 is 0 Å². The average molecular weight is 248 g/mol. The van der Waals surface area contributed by atoms with Crippen LogP contribution in [0.2, 0.25) is 0 Å². The standard InChI is InChI=1S/C15H24N2O/c1-4-5-9-15(2,3)14(18)17-12-8-13-6-10-16-11-7-13/h6-7,10-11H,4-5,8-9,12H2,1-3H3,(H,17,18). The van der Waals surface area contributed by atoms with Crippen molar-refractivity contribution in [2.75, 3.05) is 6.54 Å². The normalized spacial score (nSPS) is 11.3. The van der Waals surface area contributed by atoms with Crippen molar-refractivity contribution in [3.05, 3.63) is 30.1 Å². The van der Waals surface area contributed by atoms with E-state index in [1.807, 2.05) is 26.0 Å². The number of aromatic nitrogens is 1. The van der Waals surface area contributed by atoms with Crippen molar-refractivity contribution in [2.24, 2.45) is 5.41 Å². The predicted octanol–water partition coefficient (Wildman–Crippen LogP) is 2.96. The first-order valence-electron chi connectivity index (χ1n) is 6.73. The van der Waals surface area contributed by atoms with Crippen molar-refractivity contribution < 1.29 is 4.79 Å². The molecule has 1 N–H and O–H groups in total. The van der Waals surface area contributed by atoms with Crippen LogP contribution in [0.5, 0.6) is 0 Å². The van der Waals surface area contributed by atoms with Gasteiger partial charge < -0.3 is 5.32 Å². The minimum atomic E-state index is -0.256. The summed E-state index contributed by atoms with van der Waals surface area (Å²) in [5.74, 6) is 0.157. The summed E-state index contributed by atoms with van der Waals surface area (Å²) in [4.78, 5) is 16.0. The molecule has 0 fully saturated rings. The zero-order valence-electron chi connectivity index (χ0n) is 11.7. The summed E-state index contributed by atoms with van der Waals surface area (Å²) in [7, 11) is 0. The van der Waals surface area contributed by atoms with Crippen molar-refractivity contribution in [2.45, 2.75) is 46.5 Å². The molecule has 0 spiro atoms. The van der Waals surface area contributed by atoms with Crippen LogP contribution in [-0.2, 0) is 11.2 Å². The van der Waals surface area contributed by atoms with Crippen LogP contribution in [0, 0.1) is 5.41 Å². The average Bonchev–Trinajstić information content (AvgIpc) is 2.37. The number of carbonyl (C=O) groups excluding carboxylic acids is 1. The number of hydrogen-bond acceptors (Lipinski definition) is 2. The van der Waals surface area contributed by atoms with Gasteiger partial charge in [0.05, 0.1) is 0 Å². The van der Waals surface area contributed by atoms with E-state index in [1.54, 1.807) is 12.4 Å². The maximum Gasteiger partial charge on any atom is 0.225 e. The van der Waals surface area contributed by atoms with Gasteiger partial charge in [0, 0.05) is 24.4 Å². The number of carbonyl (C=O) groups is 1. The lowest BCUT2D eigenvalue weighted by Crippen LogP contribution is -2.37. The largest absolute Gasteiger partial charge is 0.355 e. The molecule has 1 rings (SSSR count). The third-order valence-electron chi connectivity index (χ3n) is 3.22. The van der Waals surface area contributed by atoms with Crippen LogP contribution in [-0.4, -0.2) is 17.4 Å². The topological polar surface area (TPSA) is 42.0 Å². The Bertz CT molecular complexity index is 360. The van der Waals surface area contributed by atoms with E-state index < -0.39 is 0 Å². The third kappa shape index (κ3) is 4.86. The SMILES string of the molecule is CCCCC(C)(C)C(=O)NCCc1ccncc1. The van der Waals surface area contributed by atoms with E-state index in [2.05, 4.69) is 17.2 Å². The maximum atomic E-state index is 12.0. The smallest absolute Gasteiger partial charge is 0.225 e. The molecule has 3 nitrogen and oxygen atoms in total. The number of unbranched alkanes of at least 4 members (excludes halogenated alkanes) is 1. The summed E-state index contributed by atoms with van der Waals surface area (Å²) >= 11 is 0. The lowest BCUT2D eigenvalue weighted by molar-refractivity contribution is -0.129. The molecule has 1 heterocycles. The van der Waals surface area contributed by atoms with Gasteiger partial charge in [-0.25, -0.2) is 0 Å². The van der Waals surface area contributed by atoms with Gasteiger partial charge in [-0.3, -0.25) is 9.78 Å². The minimum absolute atomic E-state index is 0.157. The van der Waals surface area contributed by atoms with Gasteiger partial charge in [-0.05, 0) is 30.5 Å². The van der Waals surface area contributed by atoms with Gasteiger partial charge in [0.25, 0.3) is 0 Å². The third-order valence-corrected chi connectivity index (χ3v) is 3.22. The monoisotopic (exact) mass is 248 g/mol. The van der Waals surface area contributed by atoms with Crippen molar-refractivity contribution in [1.82, 2.24) is 10.3 Å². The zero-order valence-corrected chi connectivity index (χ0v) is 11.7. The molecule has 0 aliphatic carbocycles. The van der Waals surface area contributed by atoms with Crippen LogP contribution in [0.15, 0.2) is 24.5 Å². The lowest BCUT2D eigenvalue weighted by atomic mass is 9.86. The molecule has 0 aromatic carbocycles. The number of nitrogens with zero attached hydrogens (tertiary/aromatic N) is 1. The lowest BCUT2D eigenvalue weighted by Gasteiger charge is -2.23. The van der Waals surface area contributed by atoms with Crippen LogP contribution < -0.4 is 5.32 Å². The van der Waals surface area contributed by atoms with Gasteiger partial charge in [-0.2, -0.15) is 0 Å². The van der Waals surface area contributed by atoms with E-state index >= 15 is 0 Å². The molecule has 0 bridgehead atoms. The van der Waals surface area contributed by atoms with Crippen molar-refractivity contribution >= 4 is 5.91 Å². The van der Waals surface area contributed by atoms with Gasteiger partial charge in [-0.15, -0.1) is 0 Å². The summed E-state index contributed by atoms with van der Waals surface area (Å²) in [6.07, 6.45) is 7.60. The Morgan fingerprint density at radius 3 is 2.61 bits per heavy atom. The molecule has 1 amide bonds. The quantitative estimate of drug-likeness (QED) is 0.806. The van der Waals surface area contributed by atoms with Crippen LogP contribution in [0.4, 0.5) is 0 Å². The van der Waals surface area contributed by atoms with Crippen molar-refractivity contribution in [3.63, 3.8) is 0 Å². The molecule has 3 heteroatoms. The molecule has 0 saturated heterocycles. The number of rotatable bonds is 7. The van der Waals surface area contributed by atoms with Crippen molar-refractivity contribution in [1.29, 1.82) is 0 Å². The van der Waals surface area contributed by atoms with Gasteiger partial charge >= 0.3 is 0 Å². The number of pyridine rings is 1. The van der Waals surface area contributed by atoms with E-state index in [0.717, 1.165) is 25.7 Å². The highest BCUT2D eigenvalue weighted by Gasteiger charge is 2.26. The predicted molar refractivity (Wildman–Crippen MR) is 74.3 cm³/mol. The Kier molecular flexibility index (Phi) is 5.83. The van der Waals surface area contributed by atoms with E-state index in [9.17, 15) is 4.79 Å². The first-order chi connectivity index (χ1) is 8.56. The van der Waals surface area contributed by atoms with Gasteiger partial charge in [0.15, 0.2) is 0 Å². The van der Waals surface area contributed by atoms with Crippen LogP contribution in [0.1, 0.15) is 45.6 Å². The van der Waals surface area contributed by atoms with E-state index in [-0.39, 0.29) is 11.3 Å². The Labute approximate surface area is 110 Å². The zero-order chi connectivity index (χ0) is 13.4. The Balaban J connectivity index is 2.32. The molecule has 1 aromatic heterocycles. The van der Waals surface area contributed by atoms with Gasteiger partial charge in [0.2, 0.25) is 5.91 Å². The molecule has 0 aliphatic rings. The summed E-state index contributed by atoms with van der Waals surface area (Å²) in [5, 5.41) is 3.02. The first-order valence-corrected chi connectivity index (χ1v) is 6.73. The Hall–Kier alpha value is -1.38. The fraction of sp³-hybridized carbons (Fsp3) is 0.600. The highest BCUT2D eigenvalue weighted by Crippen LogP contribution is 2.23. The molecule has 0 atom stereocenters. The van der Waals surface area contributed by atoms with Crippen molar-refractivity contribution in [3.8, 4) is 0 Å². The summed E-state index contributed by atoms with van der Waals surface area (Å²) in [6.45, 7) is 6.88. The molecule has 1 aromatic rings. The first kappa shape index (κ1) is 14.7. The second kappa shape index (κ2) is 7.14. The number of nitrogens with one attached hydrogen (secondary N) is 1. The Morgan fingerprint density at radius 2 is 2.00 bits per heavy atom. The Morgan fingerprint density at radius 1 is 1.33 bits per heavy atom. The second-order valence-electron chi connectivity index (χ2n) is 5.35. The molecule has 0 saturated carbocycles. The maximum absolute atomic E-state index is 12.0. The summed E-state index contributed by atoms with van der Waals surface area (Å²) in [5.41, 5.74) is 0.950. The highest BCUT2D eigenvalue weighted by atomic mass is 16.2. The highest BCUT2D eigenvalue weighted by molar-refractivity contribution is 5.81. The molecule has 18 heavy (non-hydrogen) atoms.